The van der Waals surface area contributed by atoms with E-state index in [-0.39, 0.29) is 4.88 Å². The van der Waals surface area contributed by atoms with E-state index in [1.165, 1.54) is 0 Å². The maximum atomic E-state index is 10.7. The molecule has 0 unspecified atom stereocenters. The summed E-state index contributed by atoms with van der Waals surface area (Å²) in [4.78, 5) is 11.0. The zero-order chi connectivity index (χ0) is 11.5. The molecule has 1 aromatic heterocycles. The molecule has 0 fully saturated rings. The van der Waals surface area contributed by atoms with Crippen molar-refractivity contribution in [2.45, 2.75) is 0 Å². The monoisotopic (exact) mass is 229 g/mol. The van der Waals surface area contributed by atoms with Crippen molar-refractivity contribution < 1.29 is 9.90 Å². The zero-order valence-corrected chi connectivity index (χ0v) is 8.99. The second-order valence-electron chi connectivity index (χ2n) is 3.16. The summed E-state index contributed by atoms with van der Waals surface area (Å²) in [5.41, 5.74) is 2.10. The SMILES string of the molecule is N#Cc1ccccc1-c1csc(C(=O)O)c1. The van der Waals surface area contributed by atoms with Crippen LogP contribution >= 0.6 is 11.3 Å². The van der Waals surface area contributed by atoms with Crippen molar-refractivity contribution in [1.29, 1.82) is 5.26 Å². The van der Waals surface area contributed by atoms with Crippen molar-refractivity contribution in [1.82, 2.24) is 0 Å². The van der Waals surface area contributed by atoms with E-state index in [9.17, 15) is 4.79 Å². The van der Waals surface area contributed by atoms with Gasteiger partial charge in [-0.1, -0.05) is 18.2 Å². The Bertz CT molecular complexity index is 581. The van der Waals surface area contributed by atoms with Gasteiger partial charge in [0.05, 0.1) is 11.6 Å². The lowest BCUT2D eigenvalue weighted by Crippen LogP contribution is -1.90. The highest BCUT2D eigenvalue weighted by molar-refractivity contribution is 7.12. The molecule has 0 saturated heterocycles. The number of carboxylic acid groups (broad SMARTS) is 1. The van der Waals surface area contributed by atoms with Crippen molar-refractivity contribution in [2.75, 3.05) is 0 Å². The van der Waals surface area contributed by atoms with Crippen LogP contribution in [0, 0.1) is 11.3 Å². The Morgan fingerprint density at radius 3 is 2.75 bits per heavy atom. The van der Waals surface area contributed by atoms with Crippen molar-refractivity contribution in [3.8, 4) is 17.2 Å². The van der Waals surface area contributed by atoms with Gasteiger partial charge in [-0.3, -0.25) is 0 Å². The number of hydrogen-bond donors (Lipinski definition) is 1. The molecular formula is C12H7NO2S. The summed E-state index contributed by atoms with van der Waals surface area (Å²) < 4.78 is 0. The lowest BCUT2D eigenvalue weighted by Gasteiger charge is -1.99. The van der Waals surface area contributed by atoms with Gasteiger partial charge in [0.2, 0.25) is 0 Å². The molecule has 3 nitrogen and oxygen atoms in total. The van der Waals surface area contributed by atoms with Gasteiger partial charge in [-0.15, -0.1) is 11.3 Å². The first-order valence-corrected chi connectivity index (χ1v) is 5.41. The first-order valence-electron chi connectivity index (χ1n) is 4.53. The third kappa shape index (κ3) is 1.81. The molecule has 0 atom stereocenters. The second kappa shape index (κ2) is 4.17. The summed E-state index contributed by atoms with van der Waals surface area (Å²) >= 11 is 1.16. The minimum absolute atomic E-state index is 0.280. The molecule has 4 heteroatoms. The Balaban J connectivity index is 2.51. The summed E-state index contributed by atoms with van der Waals surface area (Å²) in [7, 11) is 0. The van der Waals surface area contributed by atoms with Gasteiger partial charge in [0.15, 0.2) is 0 Å². The van der Waals surface area contributed by atoms with E-state index in [0.29, 0.717) is 5.56 Å². The molecule has 1 heterocycles. The summed E-state index contributed by atoms with van der Waals surface area (Å²) in [5.74, 6) is -0.939. The smallest absolute Gasteiger partial charge is 0.345 e. The van der Waals surface area contributed by atoms with Crippen LogP contribution in [0.25, 0.3) is 11.1 Å². The molecule has 0 aliphatic heterocycles. The minimum Gasteiger partial charge on any atom is -0.477 e. The number of carboxylic acids is 1. The lowest BCUT2D eigenvalue weighted by atomic mass is 10.0. The van der Waals surface area contributed by atoms with E-state index in [1.807, 2.05) is 12.1 Å². The van der Waals surface area contributed by atoms with Crippen molar-refractivity contribution >= 4 is 17.3 Å². The van der Waals surface area contributed by atoms with Crippen molar-refractivity contribution in [2.24, 2.45) is 0 Å². The van der Waals surface area contributed by atoms with Gasteiger partial charge in [0.25, 0.3) is 0 Å². The summed E-state index contributed by atoms with van der Waals surface area (Å²) in [6.07, 6.45) is 0. The number of nitriles is 1. The highest BCUT2D eigenvalue weighted by Crippen LogP contribution is 2.28. The van der Waals surface area contributed by atoms with Crippen LogP contribution in [-0.2, 0) is 0 Å². The van der Waals surface area contributed by atoms with Gasteiger partial charge in [0.1, 0.15) is 4.88 Å². The Kier molecular flexibility index (Phi) is 2.71. The topological polar surface area (TPSA) is 61.1 Å². The summed E-state index contributed by atoms with van der Waals surface area (Å²) in [6, 6.07) is 10.8. The number of carbonyl (C=O) groups is 1. The van der Waals surface area contributed by atoms with Crippen LogP contribution in [0.3, 0.4) is 0 Å². The predicted molar refractivity (Wildman–Crippen MR) is 61.4 cm³/mol. The van der Waals surface area contributed by atoms with E-state index in [0.717, 1.165) is 22.5 Å². The highest BCUT2D eigenvalue weighted by Gasteiger charge is 2.10. The van der Waals surface area contributed by atoms with Crippen molar-refractivity contribution in [3.63, 3.8) is 0 Å². The molecule has 2 rings (SSSR count). The molecule has 78 valence electrons. The van der Waals surface area contributed by atoms with Gasteiger partial charge in [-0.05, 0) is 23.1 Å². The van der Waals surface area contributed by atoms with Gasteiger partial charge < -0.3 is 5.11 Å². The van der Waals surface area contributed by atoms with Crippen molar-refractivity contribution in [3.05, 3.63) is 46.2 Å². The molecule has 0 amide bonds. The Hall–Kier alpha value is -2.12. The maximum Gasteiger partial charge on any atom is 0.345 e. The third-order valence-electron chi connectivity index (χ3n) is 2.17. The number of aromatic carboxylic acids is 1. The molecule has 1 aromatic carbocycles. The number of hydrogen-bond acceptors (Lipinski definition) is 3. The van der Waals surface area contributed by atoms with Crippen LogP contribution < -0.4 is 0 Å². The van der Waals surface area contributed by atoms with Crippen LogP contribution in [0.5, 0.6) is 0 Å². The number of rotatable bonds is 2. The molecule has 2 aromatic rings. The average molecular weight is 229 g/mol. The largest absolute Gasteiger partial charge is 0.477 e. The molecule has 0 bridgehead atoms. The van der Waals surface area contributed by atoms with E-state index in [2.05, 4.69) is 6.07 Å². The quantitative estimate of drug-likeness (QED) is 0.861. The van der Waals surface area contributed by atoms with Gasteiger partial charge in [-0.25, -0.2) is 4.79 Å². The van der Waals surface area contributed by atoms with E-state index in [1.54, 1.807) is 23.6 Å². The second-order valence-corrected chi connectivity index (χ2v) is 4.07. The molecule has 0 aliphatic carbocycles. The molecule has 0 aliphatic rings. The number of benzene rings is 1. The number of thiophene rings is 1. The molecule has 0 spiro atoms. The molecule has 1 N–H and O–H groups in total. The van der Waals surface area contributed by atoms with Gasteiger partial charge in [0, 0.05) is 5.56 Å². The molecular weight excluding hydrogens is 222 g/mol. The number of nitrogens with zero attached hydrogens (tertiary/aromatic N) is 1. The third-order valence-corrected chi connectivity index (χ3v) is 3.09. The maximum absolute atomic E-state index is 10.7. The van der Waals surface area contributed by atoms with E-state index < -0.39 is 5.97 Å². The standard InChI is InChI=1S/C12H7NO2S/c13-6-8-3-1-2-4-10(8)9-5-11(12(14)15)16-7-9/h1-5,7H,(H,14,15). The Morgan fingerprint density at radius 1 is 1.38 bits per heavy atom. The summed E-state index contributed by atoms with van der Waals surface area (Å²) in [6.45, 7) is 0. The molecule has 0 radical (unpaired) electrons. The Labute approximate surface area is 96.2 Å². The van der Waals surface area contributed by atoms with Crippen LogP contribution in [0.1, 0.15) is 15.2 Å². The Morgan fingerprint density at radius 2 is 2.12 bits per heavy atom. The first kappa shape index (κ1) is 10.4. The highest BCUT2D eigenvalue weighted by atomic mass is 32.1. The summed E-state index contributed by atoms with van der Waals surface area (Å²) in [5, 5.41) is 19.5. The van der Waals surface area contributed by atoms with Gasteiger partial charge >= 0.3 is 5.97 Å². The van der Waals surface area contributed by atoms with Gasteiger partial charge in [-0.2, -0.15) is 5.26 Å². The molecule has 0 saturated carbocycles. The van der Waals surface area contributed by atoms with Crippen LogP contribution in [-0.4, -0.2) is 11.1 Å². The van der Waals surface area contributed by atoms with Crippen LogP contribution in [0.4, 0.5) is 0 Å². The zero-order valence-electron chi connectivity index (χ0n) is 8.18. The average Bonchev–Trinajstić information content (AvgIpc) is 2.78. The van der Waals surface area contributed by atoms with E-state index in [4.69, 9.17) is 10.4 Å². The normalized spacial score (nSPS) is 9.69. The van der Waals surface area contributed by atoms with Crippen LogP contribution in [0.15, 0.2) is 35.7 Å². The predicted octanol–water partition coefficient (Wildman–Crippen LogP) is 2.98. The lowest BCUT2D eigenvalue weighted by molar-refractivity contribution is 0.0702. The first-order chi connectivity index (χ1) is 7.72. The fraction of sp³-hybridized carbons (Fsp3) is 0. The fourth-order valence-corrected chi connectivity index (χ4v) is 2.17. The minimum atomic E-state index is -0.939. The van der Waals surface area contributed by atoms with Crippen LogP contribution in [0.2, 0.25) is 0 Å². The van der Waals surface area contributed by atoms with E-state index >= 15 is 0 Å². The molecule has 16 heavy (non-hydrogen) atoms. The fourth-order valence-electron chi connectivity index (χ4n) is 1.42.